The molecule has 1 unspecified atom stereocenters. The van der Waals surface area contributed by atoms with Gasteiger partial charge in [0.25, 0.3) is 0 Å². The Morgan fingerprint density at radius 3 is 2.59 bits per heavy atom. The number of pyridine rings is 1. The number of hydrogen-bond donors (Lipinski definition) is 1. The Kier molecular flexibility index (Phi) is 8.28. The fourth-order valence-corrected chi connectivity index (χ4v) is 4.32. The van der Waals surface area contributed by atoms with E-state index >= 15 is 8.78 Å². The van der Waals surface area contributed by atoms with Gasteiger partial charge in [-0.15, -0.1) is 0 Å². The maximum Gasteiger partial charge on any atom is 0.410 e. The minimum absolute atomic E-state index is 0.00272. The molecule has 1 N–H and O–H groups in total. The molecule has 1 aromatic carbocycles. The number of benzene rings is 1. The van der Waals surface area contributed by atoms with Crippen LogP contribution in [-0.2, 0) is 14.9 Å². The summed E-state index contributed by atoms with van der Waals surface area (Å²) in [4.78, 5) is 30.7. The number of halogens is 3. The van der Waals surface area contributed by atoms with Crippen LogP contribution in [0.25, 0.3) is 0 Å². The third kappa shape index (κ3) is 5.93. The van der Waals surface area contributed by atoms with E-state index < -0.39 is 40.3 Å². The summed E-state index contributed by atoms with van der Waals surface area (Å²) < 4.78 is 41.6. The highest BCUT2D eigenvalue weighted by atomic mass is 35.5. The number of nitrogens with one attached hydrogen (secondary N) is 1. The van der Waals surface area contributed by atoms with Gasteiger partial charge in [-0.3, -0.25) is 0 Å². The molecule has 0 spiro atoms. The Morgan fingerprint density at radius 2 is 1.97 bits per heavy atom. The molecule has 1 saturated heterocycles. The molecule has 0 aliphatic carbocycles. The number of likely N-dealkylation sites (tertiary alicyclic amines) is 1. The number of nitriles is 1. The van der Waals surface area contributed by atoms with Crippen molar-refractivity contribution < 1.29 is 27.8 Å². The van der Waals surface area contributed by atoms with Crippen molar-refractivity contribution >= 4 is 29.5 Å². The molecule has 2 heterocycles. The molecule has 37 heavy (non-hydrogen) atoms. The van der Waals surface area contributed by atoms with Gasteiger partial charge in [-0.1, -0.05) is 23.7 Å². The third-order valence-corrected chi connectivity index (χ3v) is 6.20. The van der Waals surface area contributed by atoms with Gasteiger partial charge in [-0.05, 0) is 47.1 Å². The van der Waals surface area contributed by atoms with E-state index in [-0.39, 0.29) is 41.2 Å². The van der Waals surface area contributed by atoms with Gasteiger partial charge in [0.1, 0.15) is 16.8 Å². The molecule has 1 aliphatic heterocycles. The Bertz CT molecular complexity index is 1240. The first-order valence-electron chi connectivity index (χ1n) is 11.8. The number of aromatic nitrogens is 1. The molecular formula is C26H29ClF2N4O4. The van der Waals surface area contributed by atoms with E-state index in [0.717, 1.165) is 6.20 Å². The Labute approximate surface area is 219 Å². The second-order valence-electron chi connectivity index (χ2n) is 9.82. The SMILES string of the molecule is CCOC(=O)c1cnc(N[C@@H]2CCN(C(=O)OC(C)(C)C)C2)c(F)c1C(C)(C#N)c1cccc(Cl)c1F. The van der Waals surface area contributed by atoms with E-state index in [4.69, 9.17) is 21.1 Å². The first-order valence-corrected chi connectivity index (χ1v) is 12.2. The monoisotopic (exact) mass is 534 g/mol. The number of carbonyl (C=O) groups excluding carboxylic acids is 2. The zero-order valence-electron chi connectivity index (χ0n) is 21.3. The Morgan fingerprint density at radius 1 is 1.27 bits per heavy atom. The number of ether oxygens (including phenoxy) is 2. The summed E-state index contributed by atoms with van der Waals surface area (Å²) in [6.45, 7) is 8.76. The predicted octanol–water partition coefficient (Wildman–Crippen LogP) is 5.44. The summed E-state index contributed by atoms with van der Waals surface area (Å²) >= 11 is 5.94. The summed E-state index contributed by atoms with van der Waals surface area (Å²) in [6.07, 6.45) is 1.09. The van der Waals surface area contributed by atoms with Crippen LogP contribution in [0.4, 0.5) is 19.4 Å². The maximum absolute atomic E-state index is 16.1. The van der Waals surface area contributed by atoms with Crippen LogP contribution in [0.5, 0.6) is 0 Å². The number of carbonyl (C=O) groups is 2. The normalized spacial score (nSPS) is 17.1. The van der Waals surface area contributed by atoms with Crippen molar-refractivity contribution in [2.75, 3.05) is 25.0 Å². The molecule has 1 fully saturated rings. The Balaban J connectivity index is 2.03. The van der Waals surface area contributed by atoms with Crippen LogP contribution in [0.3, 0.4) is 0 Å². The molecule has 2 atom stereocenters. The van der Waals surface area contributed by atoms with Crippen molar-refractivity contribution in [2.24, 2.45) is 0 Å². The number of nitrogens with zero attached hydrogens (tertiary/aromatic N) is 3. The van der Waals surface area contributed by atoms with Crippen LogP contribution in [0.15, 0.2) is 24.4 Å². The van der Waals surface area contributed by atoms with E-state index in [9.17, 15) is 14.9 Å². The smallest absolute Gasteiger partial charge is 0.410 e. The summed E-state index contributed by atoms with van der Waals surface area (Å²) in [5.74, 6) is -3.07. The number of anilines is 1. The molecule has 11 heteroatoms. The van der Waals surface area contributed by atoms with Gasteiger partial charge in [-0.2, -0.15) is 5.26 Å². The van der Waals surface area contributed by atoms with Gasteiger partial charge >= 0.3 is 12.1 Å². The summed E-state index contributed by atoms with van der Waals surface area (Å²) in [5.41, 5.74) is -3.53. The fourth-order valence-electron chi connectivity index (χ4n) is 4.14. The van der Waals surface area contributed by atoms with Crippen molar-refractivity contribution in [3.8, 4) is 6.07 Å². The van der Waals surface area contributed by atoms with E-state index in [1.165, 1.54) is 30.0 Å². The van der Waals surface area contributed by atoms with Crippen molar-refractivity contribution in [3.05, 3.63) is 57.7 Å². The van der Waals surface area contributed by atoms with Crippen LogP contribution >= 0.6 is 11.6 Å². The first-order chi connectivity index (χ1) is 17.3. The molecule has 3 rings (SSSR count). The second-order valence-corrected chi connectivity index (χ2v) is 10.2. The molecule has 0 bridgehead atoms. The molecular weight excluding hydrogens is 506 g/mol. The van der Waals surface area contributed by atoms with Gasteiger partial charge < -0.3 is 19.7 Å². The molecule has 198 valence electrons. The molecule has 1 aromatic heterocycles. The van der Waals surface area contributed by atoms with E-state index in [1.54, 1.807) is 27.7 Å². The average Bonchev–Trinajstić information content (AvgIpc) is 3.29. The van der Waals surface area contributed by atoms with Crippen LogP contribution in [0.2, 0.25) is 5.02 Å². The zero-order valence-corrected chi connectivity index (χ0v) is 22.1. The van der Waals surface area contributed by atoms with Crippen molar-refractivity contribution in [2.45, 2.75) is 58.1 Å². The average molecular weight is 535 g/mol. The van der Waals surface area contributed by atoms with Gasteiger partial charge in [-0.25, -0.2) is 23.4 Å². The van der Waals surface area contributed by atoms with Gasteiger partial charge in [0.05, 0.1) is 23.3 Å². The number of esters is 1. The van der Waals surface area contributed by atoms with Crippen LogP contribution in [0, 0.1) is 23.0 Å². The van der Waals surface area contributed by atoms with Crippen molar-refractivity contribution in [1.29, 1.82) is 5.26 Å². The minimum atomic E-state index is -1.96. The third-order valence-electron chi connectivity index (χ3n) is 5.91. The standard InChI is InChI=1S/C26H29ClF2N4O4/c1-6-36-23(34)16-12-31-22(32-15-10-11-33(13-15)24(35)37-25(2,3)4)21(29)19(16)26(5,14-30)17-8-7-9-18(27)20(17)28/h7-9,12,15H,6,10-11,13H2,1-5H3,(H,31,32)/t15-,26?/m1/s1. The highest BCUT2D eigenvalue weighted by molar-refractivity contribution is 6.30. The summed E-state index contributed by atoms with van der Waals surface area (Å²) in [7, 11) is 0. The lowest BCUT2D eigenvalue weighted by atomic mass is 9.75. The molecule has 0 saturated carbocycles. The molecule has 8 nitrogen and oxygen atoms in total. The number of amides is 1. The Hall–Kier alpha value is -3.45. The molecule has 0 radical (unpaired) electrons. The molecule has 2 aromatic rings. The zero-order chi connectivity index (χ0) is 27.5. The van der Waals surface area contributed by atoms with Crippen LogP contribution < -0.4 is 5.32 Å². The predicted molar refractivity (Wildman–Crippen MR) is 133 cm³/mol. The minimum Gasteiger partial charge on any atom is -0.462 e. The quantitative estimate of drug-likeness (QED) is 0.492. The molecule has 1 amide bonds. The maximum atomic E-state index is 16.1. The highest BCUT2D eigenvalue weighted by Gasteiger charge is 2.41. The van der Waals surface area contributed by atoms with Gasteiger partial charge in [0.15, 0.2) is 11.6 Å². The van der Waals surface area contributed by atoms with E-state index in [1.807, 2.05) is 6.07 Å². The number of rotatable bonds is 6. The highest BCUT2D eigenvalue weighted by Crippen LogP contribution is 2.40. The van der Waals surface area contributed by atoms with Crippen LogP contribution in [-0.4, -0.2) is 53.3 Å². The lowest BCUT2D eigenvalue weighted by molar-refractivity contribution is 0.0293. The fraction of sp³-hybridized carbons (Fsp3) is 0.462. The largest absolute Gasteiger partial charge is 0.462 e. The summed E-state index contributed by atoms with van der Waals surface area (Å²) in [5, 5.41) is 12.9. The van der Waals surface area contributed by atoms with Crippen molar-refractivity contribution in [3.63, 3.8) is 0 Å². The second kappa shape index (κ2) is 10.9. The van der Waals surface area contributed by atoms with Crippen molar-refractivity contribution in [1.82, 2.24) is 9.88 Å². The first kappa shape index (κ1) is 28.1. The summed E-state index contributed by atoms with van der Waals surface area (Å²) in [6, 6.07) is 5.61. The van der Waals surface area contributed by atoms with E-state index in [0.29, 0.717) is 13.0 Å². The lowest BCUT2D eigenvalue weighted by Crippen LogP contribution is -2.37. The van der Waals surface area contributed by atoms with E-state index in [2.05, 4.69) is 10.3 Å². The van der Waals surface area contributed by atoms with Gasteiger partial charge in [0.2, 0.25) is 0 Å². The van der Waals surface area contributed by atoms with Crippen LogP contribution in [0.1, 0.15) is 62.5 Å². The topological polar surface area (TPSA) is 105 Å². The lowest BCUT2D eigenvalue weighted by Gasteiger charge is -2.27. The van der Waals surface area contributed by atoms with Gasteiger partial charge in [0, 0.05) is 36.5 Å². The molecule has 1 aliphatic rings. The number of hydrogen-bond acceptors (Lipinski definition) is 7.